The standard InChI is InChI=1S/C14H23BrN2/c1-4-11(2)17(3)10-9-14(16)12-7-5-6-8-13(12)15/h5-8,11,14H,4,9-10,16H2,1-3H3. The third-order valence-corrected chi connectivity index (χ3v) is 4.16. The fourth-order valence-corrected chi connectivity index (χ4v) is 2.38. The molecule has 0 fully saturated rings. The molecule has 2 nitrogen and oxygen atoms in total. The van der Waals surface area contributed by atoms with Crippen LogP contribution in [0.2, 0.25) is 0 Å². The molecule has 0 spiro atoms. The number of benzene rings is 1. The number of nitrogens with two attached hydrogens (primary N) is 1. The lowest BCUT2D eigenvalue weighted by Gasteiger charge is -2.25. The van der Waals surface area contributed by atoms with Gasteiger partial charge in [-0.15, -0.1) is 0 Å². The molecular weight excluding hydrogens is 276 g/mol. The first-order valence-electron chi connectivity index (χ1n) is 6.26. The summed E-state index contributed by atoms with van der Waals surface area (Å²) >= 11 is 3.55. The monoisotopic (exact) mass is 298 g/mol. The normalized spacial score (nSPS) is 14.9. The van der Waals surface area contributed by atoms with E-state index in [9.17, 15) is 0 Å². The van der Waals surface area contributed by atoms with Crippen LogP contribution < -0.4 is 5.73 Å². The predicted octanol–water partition coefficient (Wildman–Crippen LogP) is 3.57. The first-order chi connectivity index (χ1) is 8.06. The Kier molecular flexibility index (Phi) is 6.17. The van der Waals surface area contributed by atoms with Gasteiger partial charge in [-0.05, 0) is 45.0 Å². The molecule has 2 atom stereocenters. The Hall–Kier alpha value is -0.380. The largest absolute Gasteiger partial charge is 0.324 e. The summed E-state index contributed by atoms with van der Waals surface area (Å²) in [5.74, 6) is 0. The van der Waals surface area contributed by atoms with E-state index in [2.05, 4.69) is 47.8 Å². The lowest BCUT2D eigenvalue weighted by Crippen LogP contribution is -2.31. The summed E-state index contributed by atoms with van der Waals surface area (Å²) in [4.78, 5) is 2.37. The van der Waals surface area contributed by atoms with Crippen molar-refractivity contribution in [2.75, 3.05) is 13.6 Å². The molecule has 0 bridgehead atoms. The molecule has 1 aromatic carbocycles. The molecule has 0 radical (unpaired) electrons. The third-order valence-electron chi connectivity index (χ3n) is 3.44. The van der Waals surface area contributed by atoms with Crippen LogP contribution in [0.15, 0.2) is 28.7 Å². The van der Waals surface area contributed by atoms with Crippen LogP contribution in [-0.2, 0) is 0 Å². The van der Waals surface area contributed by atoms with Crippen molar-refractivity contribution in [3.05, 3.63) is 34.3 Å². The summed E-state index contributed by atoms with van der Waals surface area (Å²) in [6.45, 7) is 5.51. The van der Waals surface area contributed by atoms with Crippen LogP contribution in [0.5, 0.6) is 0 Å². The maximum atomic E-state index is 6.23. The molecule has 0 heterocycles. The van der Waals surface area contributed by atoms with Crippen LogP contribution in [0.4, 0.5) is 0 Å². The second-order valence-corrected chi connectivity index (χ2v) is 5.51. The van der Waals surface area contributed by atoms with Gasteiger partial charge in [-0.3, -0.25) is 0 Å². The van der Waals surface area contributed by atoms with Crippen LogP contribution in [0.1, 0.15) is 38.3 Å². The van der Waals surface area contributed by atoms with Crippen molar-refractivity contribution in [2.45, 2.75) is 38.8 Å². The van der Waals surface area contributed by atoms with Crippen molar-refractivity contribution in [1.29, 1.82) is 0 Å². The van der Waals surface area contributed by atoms with Gasteiger partial charge >= 0.3 is 0 Å². The first-order valence-corrected chi connectivity index (χ1v) is 7.05. The molecule has 0 aliphatic rings. The zero-order valence-electron chi connectivity index (χ0n) is 11.0. The third kappa shape index (κ3) is 4.41. The fourth-order valence-electron chi connectivity index (χ4n) is 1.81. The quantitative estimate of drug-likeness (QED) is 0.870. The van der Waals surface area contributed by atoms with E-state index in [0.717, 1.165) is 17.4 Å². The van der Waals surface area contributed by atoms with E-state index < -0.39 is 0 Å². The summed E-state index contributed by atoms with van der Waals surface area (Å²) in [5.41, 5.74) is 7.43. The topological polar surface area (TPSA) is 29.3 Å². The Balaban J connectivity index is 2.50. The molecule has 0 aliphatic carbocycles. The van der Waals surface area contributed by atoms with Crippen LogP contribution in [0.3, 0.4) is 0 Å². The average Bonchev–Trinajstić information content (AvgIpc) is 2.35. The van der Waals surface area contributed by atoms with Crippen molar-refractivity contribution < 1.29 is 0 Å². The SMILES string of the molecule is CCC(C)N(C)CCC(N)c1ccccc1Br. The summed E-state index contributed by atoms with van der Waals surface area (Å²) in [6, 6.07) is 8.94. The number of rotatable bonds is 6. The Morgan fingerprint density at radius 1 is 1.35 bits per heavy atom. The van der Waals surface area contributed by atoms with Crippen molar-refractivity contribution >= 4 is 15.9 Å². The Morgan fingerprint density at radius 2 is 2.00 bits per heavy atom. The molecule has 1 rings (SSSR count). The molecule has 0 aliphatic heterocycles. The molecule has 0 amide bonds. The van der Waals surface area contributed by atoms with E-state index in [1.54, 1.807) is 0 Å². The van der Waals surface area contributed by atoms with Gasteiger partial charge in [0, 0.05) is 16.6 Å². The molecule has 0 saturated carbocycles. The first kappa shape index (κ1) is 14.7. The minimum Gasteiger partial charge on any atom is -0.324 e. The van der Waals surface area contributed by atoms with Gasteiger partial charge in [0.2, 0.25) is 0 Å². The lowest BCUT2D eigenvalue weighted by atomic mass is 10.0. The van der Waals surface area contributed by atoms with Crippen LogP contribution >= 0.6 is 15.9 Å². The van der Waals surface area contributed by atoms with Crippen molar-refractivity contribution in [1.82, 2.24) is 4.90 Å². The van der Waals surface area contributed by atoms with E-state index in [0.29, 0.717) is 6.04 Å². The Bertz CT molecular complexity index is 341. The van der Waals surface area contributed by atoms with Gasteiger partial charge in [0.25, 0.3) is 0 Å². The average molecular weight is 299 g/mol. The van der Waals surface area contributed by atoms with E-state index in [4.69, 9.17) is 5.73 Å². The minimum absolute atomic E-state index is 0.108. The molecule has 1 aromatic rings. The van der Waals surface area contributed by atoms with Gasteiger partial charge in [0.1, 0.15) is 0 Å². The smallest absolute Gasteiger partial charge is 0.0318 e. The highest BCUT2D eigenvalue weighted by molar-refractivity contribution is 9.10. The predicted molar refractivity (Wildman–Crippen MR) is 78.1 cm³/mol. The fraction of sp³-hybridized carbons (Fsp3) is 0.571. The molecule has 0 aromatic heterocycles. The molecule has 0 saturated heterocycles. The second kappa shape index (κ2) is 7.14. The summed E-state index contributed by atoms with van der Waals surface area (Å²) in [6.07, 6.45) is 2.17. The van der Waals surface area contributed by atoms with Gasteiger partial charge in [0.15, 0.2) is 0 Å². The Labute approximate surface area is 113 Å². The van der Waals surface area contributed by atoms with E-state index in [1.807, 2.05) is 18.2 Å². The van der Waals surface area contributed by atoms with Crippen LogP contribution in [0, 0.1) is 0 Å². The van der Waals surface area contributed by atoms with Gasteiger partial charge < -0.3 is 10.6 Å². The number of halogens is 1. The molecule has 17 heavy (non-hydrogen) atoms. The van der Waals surface area contributed by atoms with Gasteiger partial charge in [0.05, 0.1) is 0 Å². The van der Waals surface area contributed by atoms with E-state index in [-0.39, 0.29) is 6.04 Å². The lowest BCUT2D eigenvalue weighted by molar-refractivity contribution is 0.243. The number of nitrogens with zero attached hydrogens (tertiary/aromatic N) is 1. The zero-order valence-corrected chi connectivity index (χ0v) is 12.6. The van der Waals surface area contributed by atoms with Crippen LogP contribution in [-0.4, -0.2) is 24.5 Å². The summed E-state index contributed by atoms with van der Waals surface area (Å²) in [7, 11) is 2.17. The highest BCUT2D eigenvalue weighted by Crippen LogP contribution is 2.23. The minimum atomic E-state index is 0.108. The maximum Gasteiger partial charge on any atom is 0.0318 e. The van der Waals surface area contributed by atoms with E-state index in [1.165, 1.54) is 12.0 Å². The maximum absolute atomic E-state index is 6.23. The Morgan fingerprint density at radius 3 is 2.59 bits per heavy atom. The number of hydrogen-bond donors (Lipinski definition) is 1. The molecular formula is C14H23BrN2. The highest BCUT2D eigenvalue weighted by atomic mass is 79.9. The van der Waals surface area contributed by atoms with Crippen molar-refractivity contribution in [2.24, 2.45) is 5.73 Å². The number of hydrogen-bond acceptors (Lipinski definition) is 2. The highest BCUT2D eigenvalue weighted by Gasteiger charge is 2.12. The van der Waals surface area contributed by atoms with E-state index >= 15 is 0 Å². The summed E-state index contributed by atoms with van der Waals surface area (Å²) in [5, 5.41) is 0. The molecule has 3 heteroatoms. The van der Waals surface area contributed by atoms with Gasteiger partial charge in [-0.2, -0.15) is 0 Å². The molecule has 96 valence electrons. The van der Waals surface area contributed by atoms with Crippen molar-refractivity contribution in [3.63, 3.8) is 0 Å². The van der Waals surface area contributed by atoms with Gasteiger partial charge in [-0.25, -0.2) is 0 Å². The zero-order chi connectivity index (χ0) is 12.8. The van der Waals surface area contributed by atoms with Crippen molar-refractivity contribution in [3.8, 4) is 0 Å². The second-order valence-electron chi connectivity index (χ2n) is 4.65. The van der Waals surface area contributed by atoms with Gasteiger partial charge in [-0.1, -0.05) is 41.1 Å². The summed E-state index contributed by atoms with van der Waals surface area (Å²) < 4.78 is 1.11. The molecule has 2 unspecified atom stereocenters. The van der Waals surface area contributed by atoms with Crippen LogP contribution in [0.25, 0.3) is 0 Å². The molecule has 2 N–H and O–H groups in total.